The maximum absolute atomic E-state index is 2.32. The summed E-state index contributed by atoms with van der Waals surface area (Å²) >= 11 is 0. The van der Waals surface area contributed by atoms with Crippen LogP contribution in [0.5, 0.6) is 0 Å². The predicted octanol–water partition coefficient (Wildman–Crippen LogP) is 8.53. The summed E-state index contributed by atoms with van der Waals surface area (Å²) in [4.78, 5) is 0. The van der Waals surface area contributed by atoms with Crippen LogP contribution in [-0.2, 0) is 0 Å². The van der Waals surface area contributed by atoms with E-state index in [1.807, 2.05) is 13.8 Å². The van der Waals surface area contributed by atoms with Crippen molar-refractivity contribution in [2.75, 3.05) is 0 Å². The summed E-state index contributed by atoms with van der Waals surface area (Å²) in [5, 5.41) is 2.71. The van der Waals surface area contributed by atoms with Gasteiger partial charge in [0.05, 0.1) is 0 Å². The molecule has 28 heavy (non-hydrogen) atoms. The molecule has 0 aliphatic rings. The Labute approximate surface area is 171 Å². The molecule has 0 N–H and O–H groups in total. The van der Waals surface area contributed by atoms with Gasteiger partial charge in [0.15, 0.2) is 0 Å². The highest BCUT2D eigenvalue weighted by atomic mass is 14.2. The fourth-order valence-corrected chi connectivity index (χ4v) is 3.72. The van der Waals surface area contributed by atoms with Crippen LogP contribution in [0.25, 0.3) is 10.8 Å². The smallest absolute Gasteiger partial charge is 0.0308 e. The van der Waals surface area contributed by atoms with E-state index in [2.05, 4.69) is 107 Å². The molecule has 0 spiro atoms. The van der Waals surface area contributed by atoms with E-state index in [4.69, 9.17) is 0 Å². The number of benzene rings is 3. The van der Waals surface area contributed by atoms with Crippen LogP contribution in [0.1, 0.15) is 62.3 Å². The third kappa shape index (κ3) is 4.81. The van der Waals surface area contributed by atoms with Crippen molar-refractivity contribution in [2.24, 2.45) is 0 Å². The summed E-state index contributed by atoms with van der Waals surface area (Å²) in [5.41, 5.74) is 6.84. The summed E-state index contributed by atoms with van der Waals surface area (Å²) < 4.78 is 0. The van der Waals surface area contributed by atoms with Crippen LogP contribution >= 0.6 is 0 Å². The first-order valence-corrected chi connectivity index (χ1v) is 10.5. The third-order valence-corrected chi connectivity index (χ3v) is 5.18. The molecule has 1 atom stereocenters. The van der Waals surface area contributed by atoms with E-state index in [-0.39, 0.29) is 5.92 Å². The molecule has 0 saturated heterocycles. The molecule has 3 aromatic rings. The van der Waals surface area contributed by atoms with E-state index in [0.717, 1.165) is 6.42 Å². The standard InChI is InChI=1S/C26H28.C2H6/c1-5-7-10-21(6-2)26(22-16-13-19(3)14-17-22)25-18-15-20(4)23-11-8-9-12-24(23)25;1-2/h5,7-18,26H,6H2,1-4H3;1-2H3/b7-5-,21-10+;. The molecule has 3 aromatic carbocycles. The molecule has 0 heteroatoms. The molecule has 146 valence electrons. The minimum Gasteiger partial charge on any atom is -0.0877 e. The average Bonchev–Trinajstić information content (AvgIpc) is 2.75. The highest BCUT2D eigenvalue weighted by Crippen LogP contribution is 2.38. The largest absolute Gasteiger partial charge is 0.0877 e. The topological polar surface area (TPSA) is 0 Å². The van der Waals surface area contributed by atoms with E-state index in [9.17, 15) is 0 Å². The maximum atomic E-state index is 2.32. The molecule has 0 aromatic heterocycles. The number of hydrogen-bond acceptors (Lipinski definition) is 0. The lowest BCUT2D eigenvalue weighted by Gasteiger charge is -2.23. The Morgan fingerprint density at radius 2 is 1.50 bits per heavy atom. The van der Waals surface area contributed by atoms with Gasteiger partial charge in [-0.15, -0.1) is 0 Å². The van der Waals surface area contributed by atoms with Gasteiger partial charge in [0, 0.05) is 5.92 Å². The van der Waals surface area contributed by atoms with E-state index in [1.165, 1.54) is 38.6 Å². The molecule has 0 heterocycles. The zero-order chi connectivity index (χ0) is 20.5. The Kier molecular flexibility index (Phi) is 8.26. The van der Waals surface area contributed by atoms with Crippen molar-refractivity contribution in [3.8, 4) is 0 Å². The predicted molar refractivity (Wildman–Crippen MR) is 126 cm³/mol. The van der Waals surface area contributed by atoms with Gasteiger partial charge in [0.25, 0.3) is 0 Å². The number of rotatable bonds is 5. The Balaban J connectivity index is 0.00000136. The van der Waals surface area contributed by atoms with Gasteiger partial charge in [0.2, 0.25) is 0 Å². The van der Waals surface area contributed by atoms with Gasteiger partial charge in [-0.05, 0) is 54.7 Å². The number of allylic oxidation sites excluding steroid dienone is 4. The summed E-state index contributed by atoms with van der Waals surface area (Å²) in [6.07, 6.45) is 7.59. The summed E-state index contributed by atoms with van der Waals surface area (Å²) in [6.45, 7) is 12.7. The molecule has 0 aliphatic carbocycles. The van der Waals surface area contributed by atoms with Gasteiger partial charge in [-0.25, -0.2) is 0 Å². The number of hydrogen-bond donors (Lipinski definition) is 0. The fraction of sp³-hybridized carbons (Fsp3) is 0.286. The van der Waals surface area contributed by atoms with Crippen LogP contribution in [0.3, 0.4) is 0 Å². The van der Waals surface area contributed by atoms with Crippen molar-refractivity contribution in [1.29, 1.82) is 0 Å². The van der Waals surface area contributed by atoms with Gasteiger partial charge >= 0.3 is 0 Å². The summed E-state index contributed by atoms with van der Waals surface area (Å²) in [6, 6.07) is 22.4. The minimum atomic E-state index is 0.280. The molecule has 0 radical (unpaired) electrons. The van der Waals surface area contributed by atoms with Crippen molar-refractivity contribution >= 4 is 10.8 Å². The van der Waals surface area contributed by atoms with Gasteiger partial charge in [-0.2, -0.15) is 0 Å². The van der Waals surface area contributed by atoms with Crippen LogP contribution in [-0.4, -0.2) is 0 Å². The number of fused-ring (bicyclic) bond motifs is 1. The van der Waals surface area contributed by atoms with Crippen LogP contribution < -0.4 is 0 Å². The molecule has 0 nitrogen and oxygen atoms in total. The van der Waals surface area contributed by atoms with Gasteiger partial charge in [0.1, 0.15) is 0 Å². The molecule has 0 amide bonds. The molecule has 0 saturated carbocycles. The monoisotopic (exact) mass is 370 g/mol. The molecule has 1 unspecified atom stereocenters. The zero-order valence-electron chi connectivity index (χ0n) is 18.3. The molecule has 0 bridgehead atoms. The molecule has 0 fully saturated rings. The van der Waals surface area contributed by atoms with E-state index < -0.39 is 0 Å². The lowest BCUT2D eigenvalue weighted by Crippen LogP contribution is -2.06. The average molecular weight is 371 g/mol. The van der Waals surface area contributed by atoms with E-state index in [1.54, 1.807) is 0 Å². The molecule has 0 aliphatic heterocycles. The highest BCUT2D eigenvalue weighted by Gasteiger charge is 2.20. The van der Waals surface area contributed by atoms with Crippen LogP contribution in [0.2, 0.25) is 0 Å². The normalized spacial score (nSPS) is 12.7. The Bertz CT molecular complexity index is 939. The molecule has 3 rings (SSSR count). The van der Waals surface area contributed by atoms with Crippen molar-refractivity contribution in [3.63, 3.8) is 0 Å². The lowest BCUT2D eigenvalue weighted by molar-refractivity contribution is 0.886. The van der Waals surface area contributed by atoms with Gasteiger partial charge in [-0.3, -0.25) is 0 Å². The summed E-state index contributed by atoms with van der Waals surface area (Å²) in [5.74, 6) is 0.280. The van der Waals surface area contributed by atoms with Gasteiger partial charge in [-0.1, -0.05) is 111 Å². The fourth-order valence-electron chi connectivity index (χ4n) is 3.72. The Morgan fingerprint density at radius 3 is 2.11 bits per heavy atom. The van der Waals surface area contributed by atoms with E-state index in [0.29, 0.717) is 0 Å². The van der Waals surface area contributed by atoms with Crippen molar-refractivity contribution < 1.29 is 0 Å². The highest BCUT2D eigenvalue weighted by molar-refractivity contribution is 5.89. The molecular formula is C28H34. The van der Waals surface area contributed by atoms with Gasteiger partial charge < -0.3 is 0 Å². The van der Waals surface area contributed by atoms with Crippen molar-refractivity contribution in [3.05, 3.63) is 107 Å². The van der Waals surface area contributed by atoms with Crippen LogP contribution in [0.4, 0.5) is 0 Å². The second-order valence-electron chi connectivity index (χ2n) is 6.98. The first kappa shape index (κ1) is 21.7. The minimum absolute atomic E-state index is 0.280. The zero-order valence-corrected chi connectivity index (χ0v) is 18.3. The number of aryl methyl sites for hydroxylation is 2. The maximum Gasteiger partial charge on any atom is 0.0308 e. The summed E-state index contributed by atoms with van der Waals surface area (Å²) in [7, 11) is 0. The molecular weight excluding hydrogens is 336 g/mol. The third-order valence-electron chi connectivity index (χ3n) is 5.18. The lowest BCUT2D eigenvalue weighted by atomic mass is 9.80. The first-order valence-electron chi connectivity index (χ1n) is 10.5. The van der Waals surface area contributed by atoms with Crippen LogP contribution in [0.15, 0.2) is 84.5 Å². The van der Waals surface area contributed by atoms with Crippen molar-refractivity contribution in [2.45, 2.75) is 53.9 Å². The Hall–Kier alpha value is -2.60. The second-order valence-corrected chi connectivity index (χ2v) is 6.98. The van der Waals surface area contributed by atoms with Crippen molar-refractivity contribution in [1.82, 2.24) is 0 Å². The van der Waals surface area contributed by atoms with Crippen LogP contribution in [0, 0.1) is 13.8 Å². The second kappa shape index (κ2) is 10.7. The SMILES string of the molecule is C/C=C\C=C(/CC)C(c1ccc(C)cc1)c1ccc(C)c2ccccc12.CC. The van der Waals surface area contributed by atoms with E-state index >= 15 is 0 Å². The quantitative estimate of drug-likeness (QED) is 0.395. The first-order chi connectivity index (χ1) is 13.7. The Morgan fingerprint density at radius 1 is 0.857 bits per heavy atom.